The Morgan fingerprint density at radius 3 is 2.22 bits per heavy atom. The highest BCUT2D eigenvalue weighted by atomic mass is 16.2. The Labute approximate surface area is 189 Å². The molecule has 6 nitrogen and oxygen atoms in total. The van der Waals surface area contributed by atoms with Crippen molar-refractivity contribution in [1.29, 1.82) is 0 Å². The van der Waals surface area contributed by atoms with Crippen molar-refractivity contribution >= 4 is 17.7 Å². The van der Waals surface area contributed by atoms with E-state index < -0.39 is 6.04 Å². The van der Waals surface area contributed by atoms with Crippen molar-refractivity contribution in [3.05, 3.63) is 71.8 Å². The molecule has 32 heavy (non-hydrogen) atoms. The molecule has 1 saturated heterocycles. The maximum Gasteiger partial charge on any atom is 0.243 e. The monoisotopic (exact) mass is 433 g/mol. The molecule has 2 aliphatic rings. The molecule has 2 N–H and O–H groups in total. The maximum atomic E-state index is 13.1. The number of carbonyl (C=O) groups excluding carboxylic acids is 3. The van der Waals surface area contributed by atoms with Crippen LogP contribution in [0.4, 0.5) is 0 Å². The molecule has 0 bridgehead atoms. The van der Waals surface area contributed by atoms with Crippen LogP contribution < -0.4 is 10.6 Å². The van der Waals surface area contributed by atoms with Crippen molar-refractivity contribution in [1.82, 2.24) is 15.5 Å². The Morgan fingerprint density at radius 2 is 1.56 bits per heavy atom. The highest BCUT2D eigenvalue weighted by Crippen LogP contribution is 2.20. The predicted molar refractivity (Wildman–Crippen MR) is 123 cm³/mol. The van der Waals surface area contributed by atoms with Gasteiger partial charge in [0.05, 0.1) is 12.3 Å². The molecule has 2 aromatic carbocycles. The fraction of sp³-hybridized carbons (Fsp3) is 0.423. The summed E-state index contributed by atoms with van der Waals surface area (Å²) in [6.07, 6.45) is 4.31. The van der Waals surface area contributed by atoms with Gasteiger partial charge in [-0.15, -0.1) is 0 Å². The van der Waals surface area contributed by atoms with Gasteiger partial charge in [-0.3, -0.25) is 14.4 Å². The highest BCUT2D eigenvalue weighted by Gasteiger charge is 2.32. The number of hydrogen-bond acceptors (Lipinski definition) is 3. The Kier molecular flexibility index (Phi) is 7.20. The molecule has 168 valence electrons. The van der Waals surface area contributed by atoms with Gasteiger partial charge in [0, 0.05) is 25.6 Å². The number of amides is 3. The molecule has 1 heterocycles. The first-order valence-corrected chi connectivity index (χ1v) is 11.5. The minimum absolute atomic E-state index is 0.0426. The third-order valence-corrected chi connectivity index (χ3v) is 6.18. The largest absolute Gasteiger partial charge is 0.352 e. The van der Waals surface area contributed by atoms with E-state index in [-0.39, 0.29) is 29.7 Å². The van der Waals surface area contributed by atoms with Gasteiger partial charge in [0.2, 0.25) is 17.7 Å². The summed E-state index contributed by atoms with van der Waals surface area (Å²) in [6, 6.07) is 19.0. The van der Waals surface area contributed by atoms with Gasteiger partial charge in [-0.05, 0) is 36.8 Å². The molecule has 0 aromatic heterocycles. The molecule has 0 radical (unpaired) electrons. The zero-order valence-corrected chi connectivity index (χ0v) is 18.3. The minimum Gasteiger partial charge on any atom is -0.352 e. The molecular weight excluding hydrogens is 402 g/mol. The van der Waals surface area contributed by atoms with E-state index in [9.17, 15) is 14.4 Å². The van der Waals surface area contributed by atoms with Crippen molar-refractivity contribution in [2.75, 3.05) is 13.1 Å². The van der Waals surface area contributed by atoms with E-state index in [0.29, 0.717) is 25.9 Å². The van der Waals surface area contributed by atoms with Crippen LogP contribution in [0.3, 0.4) is 0 Å². The SMILES string of the molecule is O=C(NC(Cc1ccccc1)C(=O)NC1CC1)C1CCCN(C(=O)Cc2ccccc2)C1. The smallest absolute Gasteiger partial charge is 0.243 e. The van der Waals surface area contributed by atoms with Gasteiger partial charge < -0.3 is 15.5 Å². The fourth-order valence-corrected chi connectivity index (χ4v) is 4.18. The van der Waals surface area contributed by atoms with Gasteiger partial charge in [0.15, 0.2) is 0 Å². The van der Waals surface area contributed by atoms with Crippen LogP contribution in [-0.2, 0) is 27.2 Å². The highest BCUT2D eigenvalue weighted by molar-refractivity contribution is 5.89. The van der Waals surface area contributed by atoms with Gasteiger partial charge in [0.25, 0.3) is 0 Å². The number of piperidine rings is 1. The molecular formula is C26H31N3O3. The first-order valence-electron chi connectivity index (χ1n) is 11.5. The molecule has 1 aliphatic heterocycles. The summed E-state index contributed by atoms with van der Waals surface area (Å²) in [5, 5.41) is 6.01. The summed E-state index contributed by atoms with van der Waals surface area (Å²) in [5.74, 6) is -0.525. The van der Waals surface area contributed by atoms with E-state index in [0.717, 1.165) is 36.8 Å². The first kappa shape index (κ1) is 22.1. The number of carbonyl (C=O) groups is 3. The van der Waals surface area contributed by atoms with E-state index >= 15 is 0 Å². The lowest BCUT2D eigenvalue weighted by molar-refractivity contribution is -0.137. The maximum absolute atomic E-state index is 13.1. The van der Waals surface area contributed by atoms with Gasteiger partial charge >= 0.3 is 0 Å². The number of nitrogens with zero attached hydrogens (tertiary/aromatic N) is 1. The van der Waals surface area contributed by atoms with E-state index in [2.05, 4.69) is 10.6 Å². The van der Waals surface area contributed by atoms with Crippen LogP contribution in [0.5, 0.6) is 0 Å². The van der Waals surface area contributed by atoms with Crippen molar-refractivity contribution in [3.8, 4) is 0 Å². The molecule has 1 aliphatic carbocycles. The number of benzene rings is 2. The second-order valence-corrected chi connectivity index (χ2v) is 8.88. The Balaban J connectivity index is 1.37. The number of likely N-dealkylation sites (tertiary alicyclic amines) is 1. The van der Waals surface area contributed by atoms with Gasteiger partial charge in [-0.2, -0.15) is 0 Å². The molecule has 2 unspecified atom stereocenters. The molecule has 1 saturated carbocycles. The second kappa shape index (κ2) is 10.4. The summed E-state index contributed by atoms with van der Waals surface area (Å²) in [4.78, 5) is 40.5. The van der Waals surface area contributed by atoms with Gasteiger partial charge in [-0.25, -0.2) is 0 Å². The average molecular weight is 434 g/mol. The van der Waals surface area contributed by atoms with Gasteiger partial charge in [-0.1, -0.05) is 60.7 Å². The van der Waals surface area contributed by atoms with Crippen LogP contribution in [0, 0.1) is 5.92 Å². The van der Waals surface area contributed by atoms with E-state index in [4.69, 9.17) is 0 Å². The molecule has 0 spiro atoms. The topological polar surface area (TPSA) is 78.5 Å². The lowest BCUT2D eigenvalue weighted by atomic mass is 9.95. The number of nitrogens with one attached hydrogen (secondary N) is 2. The Morgan fingerprint density at radius 1 is 0.906 bits per heavy atom. The third-order valence-electron chi connectivity index (χ3n) is 6.18. The summed E-state index contributed by atoms with van der Waals surface area (Å²) in [5.41, 5.74) is 1.98. The first-order chi connectivity index (χ1) is 15.6. The van der Waals surface area contributed by atoms with Crippen molar-refractivity contribution in [3.63, 3.8) is 0 Å². The Bertz CT molecular complexity index is 928. The third kappa shape index (κ3) is 6.19. The molecule has 4 rings (SSSR count). The zero-order chi connectivity index (χ0) is 22.3. The standard InChI is InChI=1S/C26H31N3O3/c30-24(17-20-10-5-2-6-11-20)29-15-7-12-21(18-29)25(31)28-23(26(32)27-22-13-14-22)16-19-8-3-1-4-9-19/h1-6,8-11,21-23H,7,12-18H2,(H,27,32)(H,28,31). The van der Waals surface area contributed by atoms with Crippen LogP contribution in [0.25, 0.3) is 0 Å². The molecule has 2 fully saturated rings. The summed E-state index contributed by atoms with van der Waals surface area (Å²) in [6.45, 7) is 1.07. The van der Waals surface area contributed by atoms with Crippen molar-refractivity contribution in [2.24, 2.45) is 5.92 Å². The number of hydrogen-bond donors (Lipinski definition) is 2. The molecule has 2 atom stereocenters. The molecule has 3 amide bonds. The van der Waals surface area contributed by atoms with Crippen molar-refractivity contribution in [2.45, 2.75) is 50.6 Å². The normalized spacial score (nSPS) is 19.1. The van der Waals surface area contributed by atoms with E-state index in [1.165, 1.54) is 0 Å². The zero-order valence-electron chi connectivity index (χ0n) is 18.3. The van der Waals surface area contributed by atoms with E-state index in [1.807, 2.05) is 60.7 Å². The van der Waals surface area contributed by atoms with E-state index in [1.54, 1.807) is 4.90 Å². The lowest BCUT2D eigenvalue weighted by Crippen LogP contribution is -2.53. The van der Waals surface area contributed by atoms with Crippen LogP contribution in [0.1, 0.15) is 36.8 Å². The summed E-state index contributed by atoms with van der Waals surface area (Å²) < 4.78 is 0. The van der Waals surface area contributed by atoms with Crippen LogP contribution in [-0.4, -0.2) is 47.8 Å². The second-order valence-electron chi connectivity index (χ2n) is 8.88. The Hall–Kier alpha value is -3.15. The molecule has 6 heteroatoms. The van der Waals surface area contributed by atoms with Crippen LogP contribution in [0.2, 0.25) is 0 Å². The summed E-state index contributed by atoms with van der Waals surface area (Å²) >= 11 is 0. The van der Waals surface area contributed by atoms with Gasteiger partial charge in [0.1, 0.15) is 6.04 Å². The van der Waals surface area contributed by atoms with Crippen molar-refractivity contribution < 1.29 is 14.4 Å². The quantitative estimate of drug-likeness (QED) is 0.671. The predicted octanol–water partition coefficient (Wildman–Crippen LogP) is 2.47. The minimum atomic E-state index is -0.610. The fourth-order valence-electron chi connectivity index (χ4n) is 4.18. The summed E-state index contributed by atoms with van der Waals surface area (Å²) in [7, 11) is 0. The molecule has 2 aromatic rings. The number of rotatable bonds is 8. The van der Waals surface area contributed by atoms with Crippen LogP contribution in [0.15, 0.2) is 60.7 Å². The van der Waals surface area contributed by atoms with Crippen LogP contribution >= 0.6 is 0 Å². The lowest BCUT2D eigenvalue weighted by Gasteiger charge is -2.33. The average Bonchev–Trinajstić information content (AvgIpc) is 3.64.